The van der Waals surface area contributed by atoms with Crippen LogP contribution in [0.5, 0.6) is 0 Å². The van der Waals surface area contributed by atoms with Crippen LogP contribution in [0.4, 0.5) is 0 Å². The molecule has 0 amide bonds. The summed E-state index contributed by atoms with van der Waals surface area (Å²) in [5.41, 5.74) is 0. The first-order valence-corrected chi connectivity index (χ1v) is 6.62. The largest absolute Gasteiger partial charge is 0.465 e. The zero-order valence-corrected chi connectivity index (χ0v) is 10.5. The minimum absolute atomic E-state index is 0.669. The number of aryl methyl sites for hydroxylation is 1. The summed E-state index contributed by atoms with van der Waals surface area (Å²) in [6.07, 6.45) is 6.44. The Hall–Kier alpha value is -0.760. The van der Waals surface area contributed by atoms with Crippen molar-refractivity contribution in [2.45, 2.75) is 58.5 Å². The lowest BCUT2D eigenvalue weighted by molar-refractivity contribution is 0.398. The molecule has 1 unspecified atom stereocenters. The molecule has 90 valence electrons. The number of hydrogen-bond acceptors (Lipinski definition) is 2. The number of nitrogens with one attached hydrogen (secondary N) is 1. The Morgan fingerprint density at radius 2 is 2.06 bits per heavy atom. The minimum Gasteiger partial charge on any atom is -0.465 e. The van der Waals surface area contributed by atoms with Gasteiger partial charge in [-0.25, -0.2) is 0 Å². The monoisotopic (exact) mass is 221 g/mol. The highest BCUT2D eigenvalue weighted by atomic mass is 16.3. The van der Waals surface area contributed by atoms with E-state index in [9.17, 15) is 0 Å². The Morgan fingerprint density at radius 1 is 1.31 bits per heavy atom. The third-order valence-electron chi connectivity index (χ3n) is 3.44. The Balaban J connectivity index is 1.75. The molecule has 1 aromatic heterocycles. The van der Waals surface area contributed by atoms with Crippen LogP contribution >= 0.6 is 0 Å². The van der Waals surface area contributed by atoms with Gasteiger partial charge in [-0.15, -0.1) is 0 Å². The van der Waals surface area contributed by atoms with Gasteiger partial charge in [-0.05, 0) is 30.9 Å². The normalized spacial score (nSPS) is 17.6. The molecular weight excluding hydrogens is 198 g/mol. The van der Waals surface area contributed by atoms with E-state index in [0.29, 0.717) is 6.04 Å². The van der Waals surface area contributed by atoms with Crippen LogP contribution < -0.4 is 5.32 Å². The number of rotatable bonds is 7. The number of hydrogen-bond donors (Lipinski definition) is 1. The van der Waals surface area contributed by atoms with E-state index in [1.807, 2.05) is 0 Å². The zero-order chi connectivity index (χ0) is 11.4. The van der Waals surface area contributed by atoms with Gasteiger partial charge < -0.3 is 9.73 Å². The summed E-state index contributed by atoms with van der Waals surface area (Å²) in [5, 5.41) is 3.60. The molecular formula is C14H23NO. The lowest BCUT2D eigenvalue weighted by Gasteiger charge is -2.15. The van der Waals surface area contributed by atoms with E-state index < -0.39 is 0 Å². The summed E-state index contributed by atoms with van der Waals surface area (Å²) in [6.45, 7) is 5.27. The van der Waals surface area contributed by atoms with Crippen molar-refractivity contribution in [2.75, 3.05) is 0 Å². The maximum Gasteiger partial charge on any atom is 0.117 e. The van der Waals surface area contributed by atoms with E-state index >= 15 is 0 Å². The molecule has 1 saturated carbocycles. The molecule has 0 spiro atoms. The predicted molar refractivity (Wildman–Crippen MR) is 66.3 cm³/mol. The van der Waals surface area contributed by atoms with Crippen LogP contribution in [-0.4, -0.2) is 6.04 Å². The van der Waals surface area contributed by atoms with Gasteiger partial charge in [0.15, 0.2) is 0 Å². The standard InChI is InChI=1S/C14H23NO/c1-3-12(9-11-5-6-11)15-10-14-8-7-13(4-2)16-14/h7-8,11-12,15H,3-6,9-10H2,1-2H3. The minimum atomic E-state index is 0.669. The molecule has 1 aliphatic rings. The highest BCUT2D eigenvalue weighted by Gasteiger charge is 2.24. The van der Waals surface area contributed by atoms with Gasteiger partial charge in [0.05, 0.1) is 6.54 Å². The summed E-state index contributed by atoms with van der Waals surface area (Å²) >= 11 is 0. The average Bonchev–Trinajstić information content (AvgIpc) is 3.00. The zero-order valence-electron chi connectivity index (χ0n) is 10.5. The van der Waals surface area contributed by atoms with Gasteiger partial charge in [0, 0.05) is 12.5 Å². The van der Waals surface area contributed by atoms with E-state index in [0.717, 1.165) is 30.4 Å². The van der Waals surface area contributed by atoms with Crippen molar-refractivity contribution in [1.29, 1.82) is 0 Å². The summed E-state index contributed by atoms with van der Waals surface area (Å²) in [5.74, 6) is 3.17. The summed E-state index contributed by atoms with van der Waals surface area (Å²) in [4.78, 5) is 0. The van der Waals surface area contributed by atoms with Crippen molar-refractivity contribution in [2.24, 2.45) is 5.92 Å². The molecule has 0 aliphatic heterocycles. The quantitative estimate of drug-likeness (QED) is 0.762. The lowest BCUT2D eigenvalue weighted by atomic mass is 10.1. The second-order valence-electron chi connectivity index (χ2n) is 4.89. The molecule has 2 heteroatoms. The van der Waals surface area contributed by atoms with Gasteiger partial charge in [-0.2, -0.15) is 0 Å². The Morgan fingerprint density at radius 3 is 2.62 bits per heavy atom. The average molecular weight is 221 g/mol. The SMILES string of the molecule is CCc1ccc(CNC(CC)CC2CC2)o1. The molecule has 2 rings (SSSR count). The lowest BCUT2D eigenvalue weighted by Crippen LogP contribution is -2.28. The highest BCUT2D eigenvalue weighted by Crippen LogP contribution is 2.34. The van der Waals surface area contributed by atoms with E-state index in [4.69, 9.17) is 4.42 Å². The van der Waals surface area contributed by atoms with Crippen molar-refractivity contribution in [1.82, 2.24) is 5.32 Å². The van der Waals surface area contributed by atoms with Crippen LogP contribution in [0.25, 0.3) is 0 Å². The van der Waals surface area contributed by atoms with Gasteiger partial charge in [0.1, 0.15) is 11.5 Å². The van der Waals surface area contributed by atoms with E-state index in [2.05, 4.69) is 31.3 Å². The van der Waals surface area contributed by atoms with Crippen LogP contribution in [0.1, 0.15) is 51.1 Å². The topological polar surface area (TPSA) is 25.2 Å². The van der Waals surface area contributed by atoms with Crippen molar-refractivity contribution >= 4 is 0 Å². The van der Waals surface area contributed by atoms with Crippen molar-refractivity contribution in [3.63, 3.8) is 0 Å². The molecule has 0 bridgehead atoms. The molecule has 16 heavy (non-hydrogen) atoms. The summed E-state index contributed by atoms with van der Waals surface area (Å²) < 4.78 is 5.69. The Labute approximate surface area is 98.4 Å². The van der Waals surface area contributed by atoms with Gasteiger partial charge in [0.2, 0.25) is 0 Å². The summed E-state index contributed by atoms with van der Waals surface area (Å²) in [6, 6.07) is 4.84. The fourth-order valence-corrected chi connectivity index (χ4v) is 2.10. The van der Waals surface area contributed by atoms with Crippen molar-refractivity contribution in [3.05, 3.63) is 23.7 Å². The van der Waals surface area contributed by atoms with E-state index in [1.165, 1.54) is 25.7 Å². The van der Waals surface area contributed by atoms with Crippen LogP contribution in [0.3, 0.4) is 0 Å². The fourth-order valence-electron chi connectivity index (χ4n) is 2.10. The molecule has 1 aliphatic carbocycles. The van der Waals surface area contributed by atoms with E-state index in [1.54, 1.807) is 0 Å². The van der Waals surface area contributed by atoms with Crippen LogP contribution in [0.2, 0.25) is 0 Å². The molecule has 2 nitrogen and oxygen atoms in total. The molecule has 0 saturated heterocycles. The first-order valence-electron chi connectivity index (χ1n) is 6.62. The molecule has 1 fully saturated rings. The number of furan rings is 1. The van der Waals surface area contributed by atoms with Gasteiger partial charge >= 0.3 is 0 Å². The van der Waals surface area contributed by atoms with Crippen molar-refractivity contribution in [3.8, 4) is 0 Å². The molecule has 1 N–H and O–H groups in total. The first-order chi connectivity index (χ1) is 7.81. The fraction of sp³-hybridized carbons (Fsp3) is 0.714. The molecule has 1 heterocycles. The van der Waals surface area contributed by atoms with Crippen LogP contribution in [0, 0.1) is 5.92 Å². The van der Waals surface area contributed by atoms with Gasteiger partial charge in [0.25, 0.3) is 0 Å². The smallest absolute Gasteiger partial charge is 0.117 e. The Bertz CT molecular complexity index is 314. The maximum atomic E-state index is 5.69. The van der Waals surface area contributed by atoms with Crippen LogP contribution in [0.15, 0.2) is 16.5 Å². The molecule has 0 radical (unpaired) electrons. The third-order valence-corrected chi connectivity index (χ3v) is 3.44. The van der Waals surface area contributed by atoms with Gasteiger partial charge in [-0.1, -0.05) is 26.7 Å². The van der Waals surface area contributed by atoms with Gasteiger partial charge in [-0.3, -0.25) is 0 Å². The third kappa shape index (κ3) is 3.38. The summed E-state index contributed by atoms with van der Waals surface area (Å²) in [7, 11) is 0. The molecule has 1 aromatic rings. The maximum absolute atomic E-state index is 5.69. The van der Waals surface area contributed by atoms with E-state index in [-0.39, 0.29) is 0 Å². The second kappa shape index (κ2) is 5.53. The first kappa shape index (κ1) is 11.7. The second-order valence-corrected chi connectivity index (χ2v) is 4.89. The Kier molecular flexibility index (Phi) is 4.05. The predicted octanol–water partition coefficient (Wildman–Crippen LogP) is 3.51. The van der Waals surface area contributed by atoms with Crippen LogP contribution in [-0.2, 0) is 13.0 Å². The molecule has 1 atom stereocenters. The highest BCUT2D eigenvalue weighted by molar-refractivity contribution is 5.06. The molecule has 0 aromatic carbocycles. The van der Waals surface area contributed by atoms with Crippen molar-refractivity contribution < 1.29 is 4.42 Å².